The Bertz CT molecular complexity index is 726. The number of aliphatic hydroxyl groups excluding tert-OH is 1. The molecule has 0 saturated carbocycles. The summed E-state index contributed by atoms with van der Waals surface area (Å²) in [4.78, 5) is 40.0. The van der Waals surface area contributed by atoms with Gasteiger partial charge in [-0.1, -0.05) is 168 Å². The monoisotopic (exact) mass is 608 g/mol. The van der Waals surface area contributed by atoms with Crippen LogP contribution < -0.4 is 0 Å². The quantitative estimate of drug-likeness (QED) is 0.0626. The van der Waals surface area contributed by atoms with E-state index in [0.717, 1.165) is 32.1 Å². The number of carboxylic acid groups (broad SMARTS) is 1. The number of rotatable bonds is 30. The van der Waals surface area contributed by atoms with Crippen molar-refractivity contribution in [3.8, 4) is 0 Å². The van der Waals surface area contributed by atoms with Gasteiger partial charge in [0.05, 0.1) is 6.10 Å². The number of aliphatic carboxylic acids is 1. The predicted octanol–water partition coefficient (Wildman–Crippen LogP) is 9.93. The van der Waals surface area contributed by atoms with E-state index < -0.39 is 23.4 Å². The third-order valence-corrected chi connectivity index (χ3v) is 9.59. The van der Waals surface area contributed by atoms with Gasteiger partial charge in [-0.15, -0.1) is 0 Å². The maximum Gasteiger partial charge on any atom is 0.340 e. The van der Waals surface area contributed by atoms with Gasteiger partial charge in [-0.2, -0.15) is 0 Å². The van der Waals surface area contributed by atoms with Gasteiger partial charge in [-0.25, -0.2) is 4.79 Å². The van der Waals surface area contributed by atoms with E-state index in [1.165, 1.54) is 127 Å². The summed E-state index contributed by atoms with van der Waals surface area (Å²) in [5.41, 5.74) is -2.11. The Hall–Kier alpha value is -1.43. The molecule has 6 nitrogen and oxygen atoms in total. The maximum absolute atomic E-state index is 13.3. The van der Waals surface area contributed by atoms with E-state index in [1.807, 2.05) is 0 Å². The van der Waals surface area contributed by atoms with Crippen LogP contribution in [-0.2, 0) is 14.4 Å². The summed E-state index contributed by atoms with van der Waals surface area (Å²) in [5, 5.41) is 20.8. The Kier molecular flexibility index (Phi) is 23.8. The highest BCUT2D eigenvalue weighted by atomic mass is 16.4. The molecule has 0 aromatic rings. The van der Waals surface area contributed by atoms with Gasteiger partial charge in [0.1, 0.15) is 0 Å². The van der Waals surface area contributed by atoms with E-state index in [1.54, 1.807) is 0 Å². The Labute approximate surface area is 265 Å². The summed E-state index contributed by atoms with van der Waals surface area (Å²) in [5.74, 6) is -2.19. The van der Waals surface area contributed by atoms with Crippen molar-refractivity contribution < 1.29 is 24.6 Å². The van der Waals surface area contributed by atoms with Crippen LogP contribution >= 0.6 is 0 Å². The number of hydrogen-bond acceptors (Lipinski definition) is 4. The van der Waals surface area contributed by atoms with Crippen molar-refractivity contribution in [3.05, 3.63) is 0 Å². The van der Waals surface area contributed by atoms with Gasteiger partial charge in [0.25, 0.3) is 0 Å². The smallest absolute Gasteiger partial charge is 0.340 e. The van der Waals surface area contributed by atoms with Crippen LogP contribution in [-0.4, -0.2) is 51.0 Å². The zero-order valence-corrected chi connectivity index (χ0v) is 28.4. The molecule has 1 heterocycles. The summed E-state index contributed by atoms with van der Waals surface area (Å²) in [6, 6.07) is 0. The van der Waals surface area contributed by atoms with Gasteiger partial charge in [-0.3, -0.25) is 9.59 Å². The molecular weight excluding hydrogens is 538 g/mol. The van der Waals surface area contributed by atoms with E-state index in [0.29, 0.717) is 12.8 Å². The van der Waals surface area contributed by atoms with E-state index in [9.17, 15) is 24.6 Å². The van der Waals surface area contributed by atoms with E-state index in [-0.39, 0.29) is 31.7 Å². The van der Waals surface area contributed by atoms with E-state index in [2.05, 4.69) is 13.8 Å². The lowest BCUT2D eigenvalue weighted by atomic mass is 9.85. The minimum Gasteiger partial charge on any atom is -0.479 e. The fourth-order valence-electron chi connectivity index (χ4n) is 6.77. The molecule has 1 aliphatic rings. The number of unbranched alkanes of at least 4 members (excludes halogenated alkanes) is 24. The Morgan fingerprint density at radius 1 is 0.558 bits per heavy atom. The fraction of sp³-hybridized carbons (Fsp3) is 0.919. The summed E-state index contributed by atoms with van der Waals surface area (Å²) < 4.78 is 0. The molecule has 43 heavy (non-hydrogen) atoms. The molecule has 1 rings (SSSR count). The summed E-state index contributed by atoms with van der Waals surface area (Å²) in [6.45, 7) is 4.63. The Morgan fingerprint density at radius 2 is 0.884 bits per heavy atom. The van der Waals surface area contributed by atoms with Gasteiger partial charge in [-0.05, 0) is 19.3 Å². The molecule has 0 aromatic heterocycles. The number of aliphatic hydroxyl groups is 1. The average Bonchev–Trinajstić information content (AvgIpc) is 3.35. The van der Waals surface area contributed by atoms with Gasteiger partial charge in [0.15, 0.2) is 5.78 Å². The lowest BCUT2D eigenvalue weighted by Crippen LogP contribution is -2.63. The highest BCUT2D eigenvalue weighted by Gasteiger charge is 2.60. The number of carbonyl (C=O) groups excluding carboxylic acids is 2. The SMILES string of the molecule is CCCCCCCCCCCCCCCC(=O)N1CCC(O)C1(C(=O)O)C(=O)CCCCCCCCCCCCCCC. The first-order chi connectivity index (χ1) is 20.9. The van der Waals surface area contributed by atoms with Crippen LogP contribution in [0.3, 0.4) is 0 Å². The minimum atomic E-state index is -2.11. The Morgan fingerprint density at radius 3 is 1.23 bits per heavy atom. The number of ketones is 1. The lowest BCUT2D eigenvalue weighted by Gasteiger charge is -2.35. The second-order valence-electron chi connectivity index (χ2n) is 13.3. The molecule has 0 bridgehead atoms. The third kappa shape index (κ3) is 15.9. The lowest BCUT2D eigenvalue weighted by molar-refractivity contribution is -0.167. The summed E-state index contributed by atoms with van der Waals surface area (Å²) in [6.07, 6.45) is 30.4. The molecule has 0 spiro atoms. The van der Waals surface area contributed by atoms with Gasteiger partial charge >= 0.3 is 5.97 Å². The number of hydrogen-bond donors (Lipinski definition) is 2. The van der Waals surface area contributed by atoms with Crippen LogP contribution in [0.25, 0.3) is 0 Å². The number of amides is 1. The largest absolute Gasteiger partial charge is 0.479 e. The summed E-state index contributed by atoms with van der Waals surface area (Å²) >= 11 is 0. The fourth-order valence-corrected chi connectivity index (χ4v) is 6.77. The average molecular weight is 608 g/mol. The van der Waals surface area contributed by atoms with E-state index >= 15 is 0 Å². The topological polar surface area (TPSA) is 94.9 Å². The molecule has 6 heteroatoms. The highest BCUT2D eigenvalue weighted by Crippen LogP contribution is 2.34. The molecule has 1 aliphatic heterocycles. The van der Waals surface area contributed by atoms with Crippen LogP contribution in [0.15, 0.2) is 0 Å². The number of carbonyl (C=O) groups is 3. The maximum atomic E-state index is 13.3. The number of Topliss-reactive ketones (excluding diaryl/α,β-unsaturated/α-hetero) is 1. The van der Waals surface area contributed by atoms with Crippen LogP contribution in [0.5, 0.6) is 0 Å². The highest BCUT2D eigenvalue weighted by molar-refractivity contribution is 6.11. The number of carboxylic acids is 1. The molecule has 1 saturated heterocycles. The van der Waals surface area contributed by atoms with Crippen molar-refractivity contribution in [1.29, 1.82) is 0 Å². The second kappa shape index (κ2) is 25.9. The molecule has 2 N–H and O–H groups in total. The molecule has 0 aromatic carbocycles. The molecule has 1 amide bonds. The molecule has 2 atom stereocenters. The number of likely N-dealkylation sites (tertiary alicyclic amines) is 1. The van der Waals surface area contributed by atoms with Crippen molar-refractivity contribution in [2.75, 3.05) is 6.54 Å². The predicted molar refractivity (Wildman–Crippen MR) is 178 cm³/mol. The first kappa shape index (κ1) is 39.6. The van der Waals surface area contributed by atoms with Gasteiger partial charge in [0, 0.05) is 19.4 Å². The van der Waals surface area contributed by atoms with Crippen molar-refractivity contribution in [2.24, 2.45) is 0 Å². The standard InChI is InChI=1S/C37H69NO5/c1-3-5-7-9-11-13-15-17-19-21-23-25-27-29-33(39)37(36(42)43)34(40)31-32-38(37)35(41)30-28-26-24-22-20-18-16-14-12-10-8-6-4-2/h34,40H,3-32H2,1-2H3,(H,42,43). The van der Waals surface area contributed by atoms with Crippen LogP contribution in [0.1, 0.15) is 200 Å². The zero-order valence-electron chi connectivity index (χ0n) is 28.4. The zero-order chi connectivity index (χ0) is 31.6. The van der Waals surface area contributed by atoms with Crippen LogP contribution in [0.4, 0.5) is 0 Å². The van der Waals surface area contributed by atoms with Gasteiger partial charge < -0.3 is 15.1 Å². The van der Waals surface area contributed by atoms with Crippen molar-refractivity contribution in [2.45, 2.75) is 212 Å². The molecule has 0 radical (unpaired) electrons. The van der Waals surface area contributed by atoms with Gasteiger partial charge in [0.2, 0.25) is 11.4 Å². The first-order valence-corrected chi connectivity index (χ1v) is 18.7. The number of nitrogens with zero attached hydrogens (tertiary/aromatic N) is 1. The Balaban J connectivity index is 2.27. The van der Waals surface area contributed by atoms with Crippen LogP contribution in [0, 0.1) is 0 Å². The van der Waals surface area contributed by atoms with Crippen molar-refractivity contribution >= 4 is 17.7 Å². The van der Waals surface area contributed by atoms with Crippen LogP contribution in [0.2, 0.25) is 0 Å². The van der Waals surface area contributed by atoms with Crippen molar-refractivity contribution in [1.82, 2.24) is 4.90 Å². The molecule has 2 unspecified atom stereocenters. The van der Waals surface area contributed by atoms with E-state index in [4.69, 9.17) is 0 Å². The van der Waals surface area contributed by atoms with Crippen molar-refractivity contribution in [3.63, 3.8) is 0 Å². The molecule has 1 fully saturated rings. The first-order valence-electron chi connectivity index (χ1n) is 18.7. The minimum absolute atomic E-state index is 0.101. The summed E-state index contributed by atoms with van der Waals surface area (Å²) in [7, 11) is 0. The normalized spacial score (nSPS) is 18.4. The third-order valence-electron chi connectivity index (χ3n) is 9.59. The molecular formula is C37H69NO5. The second-order valence-corrected chi connectivity index (χ2v) is 13.3. The molecule has 0 aliphatic carbocycles. The molecule has 252 valence electrons.